The average Bonchev–Trinajstić information content (AvgIpc) is 2.82. The van der Waals surface area contributed by atoms with E-state index in [1.165, 1.54) is 42.5 Å². The fourth-order valence-corrected chi connectivity index (χ4v) is 4.49. The third-order valence-corrected chi connectivity index (χ3v) is 6.23. The minimum atomic E-state index is -1.78. The van der Waals surface area contributed by atoms with Crippen LogP contribution in [-0.4, -0.2) is 75.7 Å². The van der Waals surface area contributed by atoms with Crippen molar-refractivity contribution in [1.29, 1.82) is 0 Å². The summed E-state index contributed by atoms with van der Waals surface area (Å²) in [7, 11) is 1.27. The molecule has 180 valence electrons. The maximum absolute atomic E-state index is 12.0. The summed E-state index contributed by atoms with van der Waals surface area (Å²) in [5, 5.41) is 18.4. The molecule has 0 aliphatic carbocycles. The average molecular weight is 489 g/mol. The highest BCUT2D eigenvalue weighted by atomic mass is 31.1. The number of hydrogen-bond donors (Lipinski definition) is 4. The Bertz CT molecular complexity index is 1090. The predicted molar refractivity (Wildman–Crippen MR) is 125 cm³/mol. The molecule has 0 radical (unpaired) electrons. The summed E-state index contributed by atoms with van der Waals surface area (Å²) in [6.45, 7) is -0.0884. The maximum atomic E-state index is 12.0. The summed E-state index contributed by atoms with van der Waals surface area (Å²) in [6, 6.07) is 5.54. The molecule has 6 N–H and O–H groups in total. The minimum absolute atomic E-state index is 0.0331. The number of nitrogens with two attached hydrogens (primary N) is 2. The van der Waals surface area contributed by atoms with E-state index in [0.717, 1.165) is 0 Å². The van der Waals surface area contributed by atoms with Crippen molar-refractivity contribution in [1.82, 2.24) is 19.6 Å². The number of aromatic nitrogens is 2. The van der Waals surface area contributed by atoms with Crippen molar-refractivity contribution < 1.29 is 24.2 Å². The molecular weight excluding hydrogens is 465 g/mol. The van der Waals surface area contributed by atoms with Gasteiger partial charge in [-0.2, -0.15) is 9.86 Å². The molecule has 34 heavy (non-hydrogen) atoms. The standard InChI is InChI=1S/C19H24N9O5P/c1-32-14-5-4-12(8-15(14)33-2)10-24-27-11-28(13(17(30)31)9-16(20)29)34(25-18(27)21)26-19-22-6-3-7-23-19/h3-8,10,13H,9,11H2,1-2H3,(H2,20,29)(H2,21,25)(H,30,31)(H,22,23,26)/t13-,34?/m1/s1. The number of rotatable bonds is 10. The summed E-state index contributed by atoms with van der Waals surface area (Å²) in [6.07, 6.45) is 4.11. The van der Waals surface area contributed by atoms with E-state index in [9.17, 15) is 14.7 Å². The van der Waals surface area contributed by atoms with E-state index in [-0.39, 0.29) is 18.6 Å². The highest BCUT2D eigenvalue weighted by Crippen LogP contribution is 2.45. The third-order valence-electron chi connectivity index (χ3n) is 4.54. The SMILES string of the molecule is COc1ccc(C=NN2CN([C@H](CC(N)=O)C(=O)O)P(Nc3ncccn3)N=C2N)cc1OC. The first-order valence-electron chi connectivity index (χ1n) is 9.81. The Kier molecular flexibility index (Phi) is 8.11. The van der Waals surface area contributed by atoms with Gasteiger partial charge in [0.25, 0.3) is 0 Å². The molecule has 2 atom stereocenters. The fourth-order valence-electron chi connectivity index (χ4n) is 2.92. The molecule has 1 aromatic heterocycles. The number of hydrogen-bond acceptors (Lipinski definition) is 12. The number of anilines is 1. The quantitative estimate of drug-likeness (QED) is 0.266. The van der Waals surface area contributed by atoms with Crippen LogP contribution >= 0.6 is 8.37 Å². The molecule has 3 rings (SSSR count). The Balaban J connectivity index is 1.90. The van der Waals surface area contributed by atoms with E-state index in [1.807, 2.05) is 0 Å². The number of carbonyl (C=O) groups excluding carboxylic acids is 1. The second-order valence-electron chi connectivity index (χ2n) is 6.80. The molecule has 14 nitrogen and oxygen atoms in total. The van der Waals surface area contributed by atoms with Crippen LogP contribution in [0.1, 0.15) is 12.0 Å². The molecule has 0 saturated carbocycles. The molecule has 0 bridgehead atoms. The first-order chi connectivity index (χ1) is 16.3. The maximum Gasteiger partial charge on any atom is 0.321 e. The molecule has 1 aliphatic rings. The van der Waals surface area contributed by atoms with Crippen LogP contribution in [-0.2, 0) is 9.59 Å². The number of guanidine groups is 1. The smallest absolute Gasteiger partial charge is 0.321 e. The van der Waals surface area contributed by atoms with Gasteiger partial charge in [-0.25, -0.2) is 19.6 Å². The van der Waals surface area contributed by atoms with Gasteiger partial charge in [-0.05, 0) is 29.8 Å². The topological polar surface area (TPSA) is 194 Å². The summed E-state index contributed by atoms with van der Waals surface area (Å²) in [5.74, 6) is -0.703. The van der Waals surface area contributed by atoms with Crippen LogP contribution in [0.3, 0.4) is 0 Å². The van der Waals surface area contributed by atoms with Gasteiger partial charge in [-0.15, -0.1) is 0 Å². The van der Waals surface area contributed by atoms with Crippen molar-refractivity contribution in [2.45, 2.75) is 12.5 Å². The molecule has 2 heterocycles. The molecule has 1 aliphatic heterocycles. The molecular formula is C19H24N9O5P. The lowest BCUT2D eigenvalue weighted by molar-refractivity contribution is -0.143. The Hall–Kier alpha value is -4.03. The van der Waals surface area contributed by atoms with Crippen LogP contribution in [0.2, 0.25) is 0 Å². The highest BCUT2D eigenvalue weighted by Gasteiger charge is 2.38. The number of nitrogens with zero attached hydrogens (tertiary/aromatic N) is 6. The monoisotopic (exact) mass is 489 g/mol. The number of hydrazone groups is 1. The normalized spacial score (nSPS) is 17.2. The zero-order valence-corrected chi connectivity index (χ0v) is 19.3. The van der Waals surface area contributed by atoms with Crippen LogP contribution in [0.15, 0.2) is 46.5 Å². The largest absolute Gasteiger partial charge is 0.493 e. The van der Waals surface area contributed by atoms with Gasteiger partial charge in [-0.3, -0.25) is 9.59 Å². The number of methoxy groups -OCH3 is 2. The van der Waals surface area contributed by atoms with Gasteiger partial charge in [0.1, 0.15) is 12.7 Å². The number of carbonyl (C=O) groups is 2. The Morgan fingerprint density at radius 2 is 2.00 bits per heavy atom. The molecule has 1 amide bonds. The van der Waals surface area contributed by atoms with Gasteiger partial charge in [-0.1, -0.05) is 0 Å². The van der Waals surface area contributed by atoms with E-state index < -0.39 is 32.7 Å². The van der Waals surface area contributed by atoms with Gasteiger partial charge >= 0.3 is 5.97 Å². The van der Waals surface area contributed by atoms with E-state index in [4.69, 9.17) is 20.9 Å². The second kappa shape index (κ2) is 11.2. The first-order valence-corrected chi connectivity index (χ1v) is 11.1. The zero-order chi connectivity index (χ0) is 24.7. The van der Waals surface area contributed by atoms with Gasteiger partial charge in [0.05, 0.1) is 26.9 Å². The molecule has 0 fully saturated rings. The van der Waals surface area contributed by atoms with Gasteiger partial charge in [0.2, 0.25) is 26.2 Å². The second-order valence-corrected chi connectivity index (χ2v) is 8.31. The van der Waals surface area contributed by atoms with Crippen LogP contribution in [0.25, 0.3) is 0 Å². The molecule has 1 aromatic carbocycles. The van der Waals surface area contributed by atoms with Crippen LogP contribution in [0, 0.1) is 0 Å². The van der Waals surface area contributed by atoms with Gasteiger partial charge in [0, 0.05) is 12.4 Å². The van der Waals surface area contributed by atoms with Crippen molar-refractivity contribution in [2.24, 2.45) is 21.3 Å². The van der Waals surface area contributed by atoms with Crippen molar-refractivity contribution in [2.75, 3.05) is 26.0 Å². The van der Waals surface area contributed by atoms with Gasteiger partial charge in [0.15, 0.2) is 11.5 Å². The van der Waals surface area contributed by atoms with E-state index >= 15 is 0 Å². The first kappa shape index (κ1) is 24.6. The lowest BCUT2D eigenvalue weighted by atomic mass is 10.2. The number of benzene rings is 1. The van der Waals surface area contributed by atoms with E-state index in [0.29, 0.717) is 17.1 Å². The predicted octanol–water partition coefficient (Wildman–Crippen LogP) is 0.385. The number of carboxylic acids is 1. The zero-order valence-electron chi connectivity index (χ0n) is 18.4. The van der Waals surface area contributed by atoms with Crippen molar-refractivity contribution in [3.05, 3.63) is 42.2 Å². The van der Waals surface area contributed by atoms with Crippen LogP contribution in [0.4, 0.5) is 5.95 Å². The highest BCUT2D eigenvalue weighted by molar-refractivity contribution is 7.55. The lowest BCUT2D eigenvalue weighted by Crippen LogP contribution is -2.51. The Labute approximate surface area is 196 Å². The Morgan fingerprint density at radius 3 is 2.62 bits per heavy atom. The number of amides is 1. The summed E-state index contributed by atoms with van der Waals surface area (Å²) < 4.78 is 16.3. The molecule has 1 unspecified atom stereocenters. The lowest BCUT2D eigenvalue weighted by Gasteiger charge is -2.38. The summed E-state index contributed by atoms with van der Waals surface area (Å²) in [5.41, 5.74) is 12.1. The number of nitrogens with one attached hydrogen (secondary N) is 1. The summed E-state index contributed by atoms with van der Waals surface area (Å²) >= 11 is 0. The fraction of sp³-hybridized carbons (Fsp3) is 0.263. The summed E-state index contributed by atoms with van der Waals surface area (Å²) in [4.78, 5) is 31.7. The van der Waals surface area contributed by atoms with Crippen molar-refractivity contribution in [3.63, 3.8) is 0 Å². The van der Waals surface area contributed by atoms with Crippen LogP contribution < -0.4 is 26.0 Å². The number of carboxylic acid groups (broad SMARTS) is 1. The van der Waals surface area contributed by atoms with Crippen molar-refractivity contribution in [3.8, 4) is 11.5 Å². The number of primary amides is 1. The molecule has 15 heteroatoms. The third kappa shape index (κ3) is 6.05. The number of aliphatic carboxylic acids is 1. The van der Waals surface area contributed by atoms with Crippen LogP contribution in [0.5, 0.6) is 11.5 Å². The molecule has 0 spiro atoms. The molecule has 0 saturated heterocycles. The van der Waals surface area contributed by atoms with Gasteiger partial charge < -0.3 is 31.1 Å². The van der Waals surface area contributed by atoms with E-state index in [1.54, 1.807) is 24.3 Å². The molecule has 2 aromatic rings. The number of ether oxygens (including phenoxy) is 2. The van der Waals surface area contributed by atoms with E-state index in [2.05, 4.69) is 24.9 Å². The minimum Gasteiger partial charge on any atom is -0.493 e. The Morgan fingerprint density at radius 1 is 1.29 bits per heavy atom. The van der Waals surface area contributed by atoms with Crippen molar-refractivity contribution >= 4 is 38.4 Å².